The number of nitrogen functional groups attached to an aromatic ring is 1. The first-order chi connectivity index (χ1) is 12.9. The van der Waals surface area contributed by atoms with E-state index in [1.807, 2.05) is 0 Å². The number of carbonyl (C=O) groups excluding carboxylic acids is 2. The van der Waals surface area contributed by atoms with Crippen molar-refractivity contribution < 1.29 is 31.2 Å². The fourth-order valence-corrected chi connectivity index (χ4v) is 4.43. The van der Waals surface area contributed by atoms with Gasteiger partial charge in [0.05, 0.1) is 5.69 Å². The first kappa shape index (κ1) is 20.2. The number of rotatable bonds is 4. The highest BCUT2D eigenvalue weighted by molar-refractivity contribution is 7.91. The molecule has 1 aliphatic rings. The average Bonchev–Trinajstić information content (AvgIpc) is 3.11. The minimum Gasteiger partial charge on any atom is -0.374 e. The number of alkyl halides is 3. The van der Waals surface area contributed by atoms with Crippen LogP contribution in [0.25, 0.3) is 0 Å². The van der Waals surface area contributed by atoms with Crippen molar-refractivity contribution >= 4 is 55.7 Å². The summed E-state index contributed by atoms with van der Waals surface area (Å²) in [5.74, 6) is -1.91. The number of nitrogens with two attached hydrogens (primary N) is 1. The monoisotopic (exact) mass is 456 g/mol. The van der Waals surface area contributed by atoms with E-state index in [-0.39, 0.29) is 32.1 Å². The maximum absolute atomic E-state index is 13.8. The van der Waals surface area contributed by atoms with Gasteiger partial charge in [-0.05, 0) is 24.3 Å². The molecule has 2 heterocycles. The van der Waals surface area contributed by atoms with Crippen LogP contribution < -0.4 is 20.7 Å². The third kappa shape index (κ3) is 3.25. The predicted molar refractivity (Wildman–Crippen MR) is 90.9 cm³/mol. The van der Waals surface area contributed by atoms with E-state index in [9.17, 15) is 31.2 Å². The number of imide groups is 1. The summed E-state index contributed by atoms with van der Waals surface area (Å²) in [5, 5.41) is 7.59. The molecule has 3 rings (SSSR count). The number of carbonyl (C=O) groups is 2. The van der Waals surface area contributed by atoms with E-state index >= 15 is 0 Å². The molecule has 0 radical (unpaired) electrons. The minimum absolute atomic E-state index is 0.140. The van der Waals surface area contributed by atoms with Crippen molar-refractivity contribution in [2.75, 3.05) is 10.6 Å². The second-order valence-corrected chi connectivity index (χ2v) is 8.61. The quantitative estimate of drug-likeness (QED) is 0.583. The number of hydrogen-bond acceptors (Lipinski definition) is 8. The van der Waals surface area contributed by atoms with E-state index in [0.717, 1.165) is 12.1 Å². The lowest BCUT2D eigenvalue weighted by Crippen LogP contribution is -2.69. The van der Waals surface area contributed by atoms with Crippen LogP contribution in [-0.4, -0.2) is 42.4 Å². The highest BCUT2D eigenvalue weighted by Crippen LogP contribution is 2.37. The molecule has 16 heteroatoms. The number of nitrogens with one attached hydrogen (secondary N) is 2. The number of aromatic nitrogens is 2. The molecule has 0 spiro atoms. The molecule has 28 heavy (non-hydrogen) atoms. The van der Waals surface area contributed by atoms with Crippen molar-refractivity contribution in [2.45, 2.75) is 16.2 Å². The van der Waals surface area contributed by atoms with E-state index in [4.69, 9.17) is 17.3 Å². The number of urea groups is 1. The van der Waals surface area contributed by atoms with Gasteiger partial charge in [-0.2, -0.15) is 17.9 Å². The lowest BCUT2D eigenvalue weighted by molar-refractivity contribution is -0.194. The molecule has 0 aliphatic carbocycles. The number of hydrogen-bond donors (Lipinski definition) is 3. The Labute approximate surface area is 163 Å². The number of sulfonamides is 1. The van der Waals surface area contributed by atoms with Crippen molar-refractivity contribution in [3.05, 3.63) is 29.3 Å². The largest absolute Gasteiger partial charge is 0.435 e. The normalized spacial score (nSPS) is 20.5. The molecule has 1 atom stereocenters. The molecule has 0 saturated carbocycles. The predicted octanol–water partition coefficient (Wildman–Crippen LogP) is 1.07. The van der Waals surface area contributed by atoms with E-state index in [1.165, 1.54) is 22.2 Å². The zero-order valence-corrected chi connectivity index (χ0v) is 15.6. The van der Waals surface area contributed by atoms with Crippen LogP contribution in [0.5, 0.6) is 0 Å². The van der Waals surface area contributed by atoms with Gasteiger partial charge in [-0.3, -0.25) is 4.79 Å². The summed E-state index contributed by atoms with van der Waals surface area (Å²) in [5.41, 5.74) is 1.03. The maximum atomic E-state index is 13.8. The molecule has 1 aromatic carbocycles. The molecule has 3 amide bonds. The second kappa shape index (κ2) is 6.54. The molecule has 4 N–H and O–H groups in total. The van der Waals surface area contributed by atoms with Crippen LogP contribution in [0.15, 0.2) is 28.6 Å². The lowest BCUT2D eigenvalue weighted by Gasteiger charge is -2.29. The Morgan fingerprint density at radius 3 is 2.32 bits per heavy atom. The minimum atomic E-state index is -5.54. The van der Waals surface area contributed by atoms with Gasteiger partial charge in [-0.1, -0.05) is 22.9 Å². The fourth-order valence-electron chi connectivity index (χ4n) is 2.25. The lowest BCUT2D eigenvalue weighted by atomic mass is 10.1. The fraction of sp³-hybridized carbons (Fsp3) is 0.167. The molecule has 10 nitrogen and oxygen atoms in total. The summed E-state index contributed by atoms with van der Waals surface area (Å²) >= 11 is 5.95. The van der Waals surface area contributed by atoms with Gasteiger partial charge in [-0.25, -0.2) is 18.1 Å². The molecule has 1 aliphatic heterocycles. The molecule has 1 aromatic heterocycles. The van der Waals surface area contributed by atoms with Gasteiger partial charge in [0.25, 0.3) is 21.6 Å². The molecule has 2 aromatic rings. The summed E-state index contributed by atoms with van der Waals surface area (Å²) in [4.78, 5) is 24.9. The van der Waals surface area contributed by atoms with Crippen molar-refractivity contribution in [2.24, 2.45) is 0 Å². The topological polar surface area (TPSA) is 147 Å². The first-order valence-electron chi connectivity index (χ1n) is 6.99. The zero-order valence-electron chi connectivity index (χ0n) is 13.2. The van der Waals surface area contributed by atoms with Gasteiger partial charge in [0.1, 0.15) is 0 Å². The summed E-state index contributed by atoms with van der Waals surface area (Å²) in [6.45, 7) is 0. The summed E-state index contributed by atoms with van der Waals surface area (Å²) in [7, 11) is -5.02. The van der Waals surface area contributed by atoms with Crippen LogP contribution in [-0.2, 0) is 14.8 Å². The van der Waals surface area contributed by atoms with Crippen LogP contribution in [0.2, 0.25) is 5.02 Å². The summed E-state index contributed by atoms with van der Waals surface area (Å²) < 4.78 is 66.2. The highest BCUT2D eigenvalue weighted by Gasteiger charge is 2.70. The molecular formula is C12H8ClF3N6O4S2. The molecule has 1 saturated heterocycles. The van der Waals surface area contributed by atoms with E-state index in [2.05, 4.69) is 10.2 Å². The molecular weight excluding hydrogens is 449 g/mol. The molecule has 1 fully saturated rings. The summed E-state index contributed by atoms with van der Waals surface area (Å²) in [6.07, 6.45) is -5.54. The number of amides is 3. The SMILES string of the molecule is Nc1nnc(S(=O)(=O)NC2(C(F)(F)F)NC(=O)N(c3ccc(Cl)cc3)C2=O)s1. The van der Waals surface area contributed by atoms with Crippen molar-refractivity contribution in [1.29, 1.82) is 0 Å². The van der Waals surface area contributed by atoms with Crippen LogP contribution >= 0.6 is 22.9 Å². The Bertz CT molecular complexity index is 1060. The number of benzene rings is 1. The summed E-state index contributed by atoms with van der Waals surface area (Å²) in [6, 6.07) is 3.21. The van der Waals surface area contributed by atoms with E-state index < -0.39 is 38.1 Å². The second-order valence-electron chi connectivity index (χ2n) is 5.31. The highest BCUT2D eigenvalue weighted by atomic mass is 35.5. The number of halogens is 4. The van der Waals surface area contributed by atoms with E-state index in [0.29, 0.717) is 0 Å². The van der Waals surface area contributed by atoms with Gasteiger partial charge >= 0.3 is 12.2 Å². The third-order valence-corrected chi connectivity index (χ3v) is 6.29. The third-order valence-electron chi connectivity index (χ3n) is 3.47. The van der Waals surface area contributed by atoms with Gasteiger partial charge in [0, 0.05) is 5.02 Å². The Balaban J connectivity index is 2.07. The number of nitrogens with zero attached hydrogens (tertiary/aromatic N) is 3. The van der Waals surface area contributed by atoms with Gasteiger partial charge < -0.3 is 11.1 Å². The Morgan fingerprint density at radius 1 is 1.21 bits per heavy atom. The van der Waals surface area contributed by atoms with Crippen molar-refractivity contribution in [1.82, 2.24) is 20.2 Å². The number of anilines is 2. The molecule has 1 unspecified atom stereocenters. The van der Waals surface area contributed by atoms with Crippen LogP contribution in [0.3, 0.4) is 0 Å². The Morgan fingerprint density at radius 2 is 1.82 bits per heavy atom. The van der Waals surface area contributed by atoms with Crippen LogP contribution in [0.4, 0.5) is 28.8 Å². The smallest absolute Gasteiger partial charge is 0.374 e. The van der Waals surface area contributed by atoms with Crippen LogP contribution in [0.1, 0.15) is 0 Å². The zero-order chi connectivity index (χ0) is 20.9. The Hall–Kier alpha value is -2.49. The molecule has 0 bridgehead atoms. The average molecular weight is 457 g/mol. The van der Waals surface area contributed by atoms with Crippen molar-refractivity contribution in [3.63, 3.8) is 0 Å². The first-order valence-corrected chi connectivity index (χ1v) is 9.67. The van der Waals surface area contributed by atoms with Gasteiger partial charge in [-0.15, -0.1) is 10.2 Å². The molecule has 150 valence electrons. The van der Waals surface area contributed by atoms with Crippen LogP contribution in [0, 0.1) is 0 Å². The van der Waals surface area contributed by atoms with E-state index in [1.54, 1.807) is 0 Å². The standard InChI is InChI=1S/C12H8ClF3N6O4S2/c13-5-1-3-6(4-2-5)22-7(23)11(12(14,15)16,18-9(22)24)21-28(25,26)10-20-19-8(17)27-10/h1-4,21H,(H2,17,19)(H,18,24). The van der Waals surface area contributed by atoms with Gasteiger partial charge in [0.2, 0.25) is 9.47 Å². The van der Waals surface area contributed by atoms with Crippen molar-refractivity contribution in [3.8, 4) is 0 Å². The Kier molecular flexibility index (Phi) is 4.73. The van der Waals surface area contributed by atoms with Gasteiger partial charge in [0.15, 0.2) is 0 Å². The maximum Gasteiger partial charge on any atom is 0.435 e.